The van der Waals surface area contributed by atoms with Crippen LogP contribution in [0.15, 0.2) is 35.1 Å². The van der Waals surface area contributed by atoms with Crippen LogP contribution in [0.5, 0.6) is 0 Å². The predicted molar refractivity (Wildman–Crippen MR) is 72.8 cm³/mol. The molecule has 0 aliphatic rings. The molecule has 2 aromatic heterocycles. The Bertz CT molecular complexity index is 658. The average molecular weight is 259 g/mol. The van der Waals surface area contributed by atoms with Gasteiger partial charge in [-0.3, -0.25) is 4.79 Å². The van der Waals surface area contributed by atoms with Gasteiger partial charge in [0.2, 0.25) is 0 Å². The minimum atomic E-state index is -0.134. The number of rotatable bonds is 2. The van der Waals surface area contributed by atoms with E-state index in [9.17, 15) is 4.79 Å². The van der Waals surface area contributed by atoms with Gasteiger partial charge in [-0.15, -0.1) is 11.3 Å². The Kier molecular flexibility index (Phi) is 3.98. The summed E-state index contributed by atoms with van der Waals surface area (Å²) < 4.78 is 1.73. The smallest absolute Gasteiger partial charge is 0.251 e. The number of aryl methyl sites for hydroxylation is 1. The second-order valence-corrected chi connectivity index (χ2v) is 4.99. The number of pyridine rings is 1. The molecule has 92 valence electrons. The van der Waals surface area contributed by atoms with Crippen molar-refractivity contribution in [3.63, 3.8) is 0 Å². The summed E-state index contributed by atoms with van der Waals surface area (Å²) >= 11 is 1.54. The third-order valence-electron chi connectivity index (χ3n) is 2.53. The van der Waals surface area contributed by atoms with Crippen LogP contribution in [0.25, 0.3) is 0 Å². The molecule has 0 aliphatic carbocycles. The molecule has 0 spiro atoms. The summed E-state index contributed by atoms with van der Waals surface area (Å²) in [6.07, 6.45) is 0. The zero-order chi connectivity index (χ0) is 13.0. The number of aromatic nitrogens is 1. The van der Waals surface area contributed by atoms with Gasteiger partial charge in [-0.2, -0.15) is 0 Å². The molecule has 3 nitrogen and oxygen atoms in total. The van der Waals surface area contributed by atoms with Gasteiger partial charge in [0.1, 0.15) is 6.61 Å². The summed E-state index contributed by atoms with van der Waals surface area (Å²) in [6, 6.07) is 9.12. The van der Waals surface area contributed by atoms with Crippen LogP contribution >= 0.6 is 11.3 Å². The molecule has 0 saturated heterocycles. The standard InChI is InChI=1S/C14H13NO2S/c1-11-4-2-6-14(17)15(11)10-13-8-7-12(18-13)5-3-9-16/h2,4,6-8,16H,9-10H2,1H3. The normalized spacial score (nSPS) is 9.89. The van der Waals surface area contributed by atoms with Gasteiger partial charge in [0.15, 0.2) is 0 Å². The third kappa shape index (κ3) is 2.89. The lowest BCUT2D eigenvalue weighted by atomic mass is 10.3. The van der Waals surface area contributed by atoms with Crippen molar-refractivity contribution in [2.24, 2.45) is 0 Å². The lowest BCUT2D eigenvalue weighted by Gasteiger charge is -2.06. The van der Waals surface area contributed by atoms with E-state index in [2.05, 4.69) is 11.8 Å². The highest BCUT2D eigenvalue weighted by atomic mass is 32.1. The van der Waals surface area contributed by atoms with Crippen molar-refractivity contribution >= 4 is 11.3 Å². The molecule has 18 heavy (non-hydrogen) atoms. The molecular weight excluding hydrogens is 246 g/mol. The zero-order valence-corrected chi connectivity index (χ0v) is 10.8. The van der Waals surface area contributed by atoms with E-state index in [0.717, 1.165) is 15.4 Å². The number of aliphatic hydroxyl groups excluding tert-OH is 1. The minimum Gasteiger partial charge on any atom is -0.384 e. The molecule has 1 N–H and O–H groups in total. The molecule has 2 aromatic rings. The lowest BCUT2D eigenvalue weighted by molar-refractivity contribution is 0.350. The van der Waals surface area contributed by atoms with E-state index in [-0.39, 0.29) is 12.2 Å². The number of hydrogen-bond donors (Lipinski definition) is 1. The van der Waals surface area contributed by atoms with Crippen molar-refractivity contribution in [3.8, 4) is 11.8 Å². The Morgan fingerprint density at radius 1 is 1.33 bits per heavy atom. The molecule has 0 unspecified atom stereocenters. The Labute approximate surface area is 109 Å². The fourth-order valence-corrected chi connectivity index (χ4v) is 2.51. The largest absolute Gasteiger partial charge is 0.384 e. The molecule has 0 atom stereocenters. The summed E-state index contributed by atoms with van der Waals surface area (Å²) in [7, 11) is 0. The van der Waals surface area contributed by atoms with E-state index >= 15 is 0 Å². The summed E-state index contributed by atoms with van der Waals surface area (Å²) in [4.78, 5) is 13.7. The third-order valence-corrected chi connectivity index (χ3v) is 3.52. The Balaban J connectivity index is 2.24. The Morgan fingerprint density at radius 3 is 2.89 bits per heavy atom. The molecule has 2 rings (SSSR count). The van der Waals surface area contributed by atoms with Crippen molar-refractivity contribution in [2.45, 2.75) is 13.5 Å². The molecule has 0 amide bonds. The van der Waals surface area contributed by atoms with Crippen LogP contribution in [0.3, 0.4) is 0 Å². The molecule has 0 aliphatic heterocycles. The van der Waals surface area contributed by atoms with E-state index in [0.29, 0.717) is 6.54 Å². The van der Waals surface area contributed by atoms with Crippen molar-refractivity contribution in [2.75, 3.05) is 6.61 Å². The highest BCUT2D eigenvalue weighted by molar-refractivity contribution is 7.12. The maximum Gasteiger partial charge on any atom is 0.251 e. The summed E-state index contributed by atoms with van der Waals surface area (Å²) in [6.45, 7) is 2.35. The van der Waals surface area contributed by atoms with Crippen molar-refractivity contribution in [1.82, 2.24) is 4.57 Å². The van der Waals surface area contributed by atoms with E-state index in [1.54, 1.807) is 28.0 Å². The molecule has 0 bridgehead atoms. The highest BCUT2D eigenvalue weighted by Crippen LogP contribution is 2.16. The Hall–Kier alpha value is -1.83. The molecule has 2 heterocycles. The highest BCUT2D eigenvalue weighted by Gasteiger charge is 2.03. The number of thiophene rings is 1. The predicted octanol–water partition coefficient (Wildman–Crippen LogP) is 1.61. The van der Waals surface area contributed by atoms with E-state index in [4.69, 9.17) is 5.11 Å². The van der Waals surface area contributed by atoms with Crippen molar-refractivity contribution in [1.29, 1.82) is 0 Å². The zero-order valence-electron chi connectivity index (χ0n) is 10.0. The second-order valence-electron chi connectivity index (χ2n) is 3.82. The van der Waals surface area contributed by atoms with Crippen LogP contribution in [0.1, 0.15) is 15.4 Å². The number of aliphatic hydroxyl groups is 1. The average Bonchev–Trinajstić information content (AvgIpc) is 2.79. The topological polar surface area (TPSA) is 42.2 Å². The maximum absolute atomic E-state index is 11.7. The van der Waals surface area contributed by atoms with Gasteiger partial charge in [0, 0.05) is 16.6 Å². The van der Waals surface area contributed by atoms with Gasteiger partial charge in [-0.1, -0.05) is 17.9 Å². The van der Waals surface area contributed by atoms with Crippen molar-refractivity contribution < 1.29 is 5.11 Å². The van der Waals surface area contributed by atoms with Crippen LogP contribution in [-0.4, -0.2) is 16.3 Å². The quantitative estimate of drug-likeness (QED) is 0.833. The molecule has 0 radical (unpaired) electrons. The van der Waals surface area contributed by atoms with Crippen LogP contribution in [0.4, 0.5) is 0 Å². The van der Waals surface area contributed by atoms with Crippen LogP contribution in [0.2, 0.25) is 0 Å². The summed E-state index contributed by atoms with van der Waals surface area (Å²) in [5, 5.41) is 8.63. The fraction of sp³-hybridized carbons (Fsp3) is 0.214. The summed E-state index contributed by atoms with van der Waals surface area (Å²) in [5.41, 5.74) is 0.949. The van der Waals surface area contributed by atoms with Gasteiger partial charge in [0.05, 0.1) is 11.4 Å². The fourth-order valence-electron chi connectivity index (χ4n) is 1.64. The van der Waals surface area contributed by atoms with Crippen LogP contribution in [0, 0.1) is 18.8 Å². The van der Waals surface area contributed by atoms with Crippen LogP contribution < -0.4 is 5.56 Å². The first-order chi connectivity index (χ1) is 8.70. The maximum atomic E-state index is 11.7. The molecule has 0 saturated carbocycles. The molecular formula is C14H13NO2S. The SMILES string of the molecule is Cc1cccc(=O)n1Cc1ccc(C#CCO)s1. The molecule has 4 heteroatoms. The summed E-state index contributed by atoms with van der Waals surface area (Å²) in [5.74, 6) is 5.47. The second kappa shape index (κ2) is 5.67. The molecule has 0 aromatic carbocycles. The van der Waals surface area contributed by atoms with Gasteiger partial charge in [0.25, 0.3) is 5.56 Å². The molecule has 0 fully saturated rings. The van der Waals surface area contributed by atoms with Gasteiger partial charge in [-0.25, -0.2) is 0 Å². The van der Waals surface area contributed by atoms with Gasteiger partial charge in [-0.05, 0) is 25.1 Å². The van der Waals surface area contributed by atoms with Crippen molar-refractivity contribution in [3.05, 3.63) is 56.1 Å². The first-order valence-electron chi connectivity index (χ1n) is 5.55. The monoisotopic (exact) mass is 259 g/mol. The van der Waals surface area contributed by atoms with E-state index in [1.807, 2.05) is 25.1 Å². The first-order valence-corrected chi connectivity index (χ1v) is 6.37. The minimum absolute atomic E-state index is 0.00592. The van der Waals surface area contributed by atoms with E-state index in [1.165, 1.54) is 0 Å². The number of hydrogen-bond acceptors (Lipinski definition) is 3. The van der Waals surface area contributed by atoms with Gasteiger partial charge >= 0.3 is 0 Å². The Morgan fingerprint density at radius 2 is 2.17 bits per heavy atom. The van der Waals surface area contributed by atoms with Crippen LogP contribution in [-0.2, 0) is 6.54 Å². The number of nitrogens with zero attached hydrogens (tertiary/aromatic N) is 1. The first kappa shape index (κ1) is 12.6. The van der Waals surface area contributed by atoms with E-state index < -0.39 is 0 Å². The van der Waals surface area contributed by atoms with Gasteiger partial charge < -0.3 is 9.67 Å². The lowest BCUT2D eigenvalue weighted by Crippen LogP contribution is -2.20.